The Morgan fingerprint density at radius 2 is 2.06 bits per heavy atom. The fourth-order valence-electron chi connectivity index (χ4n) is 1.54. The fourth-order valence-corrected chi connectivity index (χ4v) is 1.54. The summed E-state index contributed by atoms with van der Waals surface area (Å²) in [6.07, 6.45) is 1.00. The maximum absolute atomic E-state index is 11.4. The topological polar surface area (TPSA) is 64.3 Å². The number of ether oxygens (including phenoxy) is 1. The summed E-state index contributed by atoms with van der Waals surface area (Å²) in [5.74, 6) is -0.140. The fraction of sp³-hybridized carbons (Fsp3) is 0.500. The smallest absolute Gasteiger partial charge is 0.236 e. The Balaban J connectivity index is 2.56. The normalized spacial score (nSPS) is 12.2. The minimum Gasteiger partial charge on any atom is -0.377 e. The summed E-state index contributed by atoms with van der Waals surface area (Å²) in [5, 5.41) is 2.81. The van der Waals surface area contributed by atoms with Crippen LogP contribution < -0.4 is 11.1 Å². The Hall–Kier alpha value is -1.39. The number of nitrogens with two attached hydrogens (primary N) is 1. The van der Waals surface area contributed by atoms with E-state index in [1.165, 1.54) is 0 Å². The van der Waals surface area contributed by atoms with E-state index in [0.717, 1.165) is 24.2 Å². The van der Waals surface area contributed by atoms with E-state index in [4.69, 9.17) is 10.5 Å². The van der Waals surface area contributed by atoms with Crippen LogP contribution in [0.5, 0.6) is 0 Å². The number of amides is 1. The number of carbonyl (C=O) groups excluding carboxylic acids is 1. The molecule has 1 atom stereocenters. The van der Waals surface area contributed by atoms with Crippen LogP contribution >= 0.6 is 0 Å². The van der Waals surface area contributed by atoms with Gasteiger partial charge in [-0.3, -0.25) is 4.79 Å². The zero-order valence-electron chi connectivity index (χ0n) is 11.1. The molecule has 1 amide bonds. The lowest BCUT2D eigenvalue weighted by atomic mass is 10.1. The molecule has 18 heavy (non-hydrogen) atoms. The highest BCUT2D eigenvalue weighted by Crippen LogP contribution is 2.10. The van der Waals surface area contributed by atoms with Crippen molar-refractivity contribution >= 4 is 5.91 Å². The largest absolute Gasteiger partial charge is 0.377 e. The Morgan fingerprint density at radius 1 is 1.39 bits per heavy atom. The Kier molecular flexibility index (Phi) is 6.39. The molecule has 0 saturated carbocycles. The lowest BCUT2D eigenvalue weighted by Gasteiger charge is -2.12. The van der Waals surface area contributed by atoms with E-state index < -0.39 is 6.04 Å². The first-order valence-electron chi connectivity index (χ1n) is 6.33. The molecule has 0 unspecified atom stereocenters. The van der Waals surface area contributed by atoms with Gasteiger partial charge in [0.2, 0.25) is 5.91 Å². The Morgan fingerprint density at radius 3 is 2.67 bits per heavy atom. The molecule has 100 valence electrons. The van der Waals surface area contributed by atoms with E-state index in [-0.39, 0.29) is 5.91 Å². The second kappa shape index (κ2) is 7.84. The van der Waals surface area contributed by atoms with Gasteiger partial charge in [-0.2, -0.15) is 0 Å². The van der Waals surface area contributed by atoms with Gasteiger partial charge >= 0.3 is 0 Å². The monoisotopic (exact) mass is 250 g/mol. The van der Waals surface area contributed by atoms with Crippen LogP contribution in [0.2, 0.25) is 0 Å². The molecule has 0 aliphatic carbocycles. The maximum atomic E-state index is 11.4. The van der Waals surface area contributed by atoms with Gasteiger partial charge in [-0.1, -0.05) is 31.2 Å². The molecular weight excluding hydrogens is 228 g/mol. The molecule has 1 aromatic rings. The van der Waals surface area contributed by atoms with E-state index in [0.29, 0.717) is 13.2 Å². The maximum Gasteiger partial charge on any atom is 0.236 e. The van der Waals surface area contributed by atoms with Crippen LogP contribution in [0.25, 0.3) is 0 Å². The van der Waals surface area contributed by atoms with Crippen molar-refractivity contribution < 1.29 is 9.53 Å². The second-order valence-electron chi connectivity index (χ2n) is 4.33. The van der Waals surface area contributed by atoms with Gasteiger partial charge in [0.05, 0.1) is 12.6 Å². The summed E-state index contributed by atoms with van der Waals surface area (Å²) in [7, 11) is 0. The van der Waals surface area contributed by atoms with Crippen molar-refractivity contribution in [2.45, 2.75) is 39.5 Å². The van der Waals surface area contributed by atoms with E-state index in [9.17, 15) is 4.79 Å². The van der Waals surface area contributed by atoms with Gasteiger partial charge in [0.25, 0.3) is 0 Å². The molecule has 4 nitrogen and oxygen atoms in total. The second-order valence-corrected chi connectivity index (χ2v) is 4.33. The predicted octanol–water partition coefficient (Wildman–Crippen LogP) is 1.58. The van der Waals surface area contributed by atoms with Crippen molar-refractivity contribution in [1.29, 1.82) is 0 Å². The van der Waals surface area contributed by atoms with Gasteiger partial charge in [-0.25, -0.2) is 0 Å². The summed E-state index contributed by atoms with van der Waals surface area (Å²) < 4.78 is 5.53. The van der Waals surface area contributed by atoms with Gasteiger partial charge in [0.1, 0.15) is 0 Å². The van der Waals surface area contributed by atoms with Crippen molar-refractivity contribution in [2.75, 3.05) is 6.61 Å². The lowest BCUT2D eigenvalue weighted by Crippen LogP contribution is -2.37. The van der Waals surface area contributed by atoms with Crippen molar-refractivity contribution in [3.05, 3.63) is 35.4 Å². The molecule has 1 aromatic carbocycles. The Labute approximate surface area is 109 Å². The molecule has 0 aromatic heterocycles. The molecule has 0 saturated heterocycles. The zero-order valence-corrected chi connectivity index (χ0v) is 11.1. The quantitative estimate of drug-likeness (QED) is 0.722. The first-order valence-corrected chi connectivity index (χ1v) is 6.33. The number of rotatable bonds is 7. The first-order chi connectivity index (χ1) is 8.65. The molecule has 0 spiro atoms. The number of benzene rings is 1. The van der Waals surface area contributed by atoms with Crippen molar-refractivity contribution in [2.24, 2.45) is 5.73 Å². The third-order valence-electron chi connectivity index (χ3n) is 2.59. The van der Waals surface area contributed by atoms with Crippen LogP contribution in [-0.4, -0.2) is 18.6 Å². The van der Waals surface area contributed by atoms with Crippen LogP contribution in [0.1, 0.15) is 31.4 Å². The molecular formula is C14H22N2O2. The zero-order chi connectivity index (χ0) is 13.4. The predicted molar refractivity (Wildman–Crippen MR) is 71.9 cm³/mol. The van der Waals surface area contributed by atoms with E-state index >= 15 is 0 Å². The van der Waals surface area contributed by atoms with E-state index in [2.05, 4.69) is 12.2 Å². The number of nitrogens with one attached hydrogen (secondary N) is 1. The van der Waals surface area contributed by atoms with E-state index in [1.54, 1.807) is 6.92 Å². The van der Waals surface area contributed by atoms with Gasteiger partial charge < -0.3 is 15.8 Å². The van der Waals surface area contributed by atoms with Crippen molar-refractivity contribution in [1.82, 2.24) is 5.32 Å². The van der Waals surface area contributed by atoms with Gasteiger partial charge in [0, 0.05) is 13.2 Å². The molecule has 0 aliphatic heterocycles. The molecule has 0 bridgehead atoms. The highest BCUT2D eigenvalue weighted by atomic mass is 16.5. The average molecular weight is 250 g/mol. The molecule has 0 fully saturated rings. The summed E-state index contributed by atoms with van der Waals surface area (Å²) >= 11 is 0. The van der Waals surface area contributed by atoms with Crippen LogP contribution in [0, 0.1) is 0 Å². The minimum absolute atomic E-state index is 0.140. The standard InChI is InChI=1S/C14H22N2O2/c1-3-8-18-10-13-7-5-4-6-12(13)9-16-14(17)11(2)15/h4-7,11H,3,8-10,15H2,1-2H3,(H,16,17)/t11-/m1/s1. The van der Waals surface area contributed by atoms with Crippen LogP contribution in [0.15, 0.2) is 24.3 Å². The van der Waals surface area contributed by atoms with Crippen molar-refractivity contribution in [3.63, 3.8) is 0 Å². The van der Waals surface area contributed by atoms with E-state index in [1.807, 2.05) is 24.3 Å². The minimum atomic E-state index is -0.478. The average Bonchev–Trinajstić information content (AvgIpc) is 2.37. The number of hydrogen-bond donors (Lipinski definition) is 2. The Bertz CT molecular complexity index is 378. The molecule has 0 heterocycles. The third-order valence-corrected chi connectivity index (χ3v) is 2.59. The molecule has 3 N–H and O–H groups in total. The lowest BCUT2D eigenvalue weighted by molar-refractivity contribution is -0.122. The van der Waals surface area contributed by atoms with Crippen molar-refractivity contribution in [3.8, 4) is 0 Å². The highest BCUT2D eigenvalue weighted by molar-refractivity contribution is 5.80. The van der Waals surface area contributed by atoms with Crippen LogP contribution in [-0.2, 0) is 22.7 Å². The SMILES string of the molecule is CCCOCc1ccccc1CNC(=O)[C@@H](C)N. The van der Waals surface area contributed by atoms with Crippen LogP contribution in [0.3, 0.4) is 0 Å². The van der Waals surface area contributed by atoms with Gasteiger partial charge in [-0.15, -0.1) is 0 Å². The number of carbonyl (C=O) groups is 1. The molecule has 4 heteroatoms. The summed E-state index contributed by atoms with van der Waals surface area (Å²) in [5.41, 5.74) is 7.68. The first kappa shape index (κ1) is 14.7. The van der Waals surface area contributed by atoms with Gasteiger partial charge in [-0.05, 0) is 24.5 Å². The summed E-state index contributed by atoms with van der Waals surface area (Å²) in [6, 6.07) is 7.46. The van der Waals surface area contributed by atoms with Crippen LogP contribution in [0.4, 0.5) is 0 Å². The third kappa shape index (κ3) is 4.85. The molecule has 0 aliphatic rings. The van der Waals surface area contributed by atoms with Gasteiger partial charge in [0.15, 0.2) is 0 Å². The highest BCUT2D eigenvalue weighted by Gasteiger charge is 2.08. The number of hydrogen-bond acceptors (Lipinski definition) is 3. The molecule has 1 rings (SSSR count). The summed E-state index contributed by atoms with van der Waals surface area (Å²) in [4.78, 5) is 11.4. The summed E-state index contributed by atoms with van der Waals surface area (Å²) in [6.45, 7) is 5.57. The molecule has 0 radical (unpaired) electrons.